The van der Waals surface area contributed by atoms with Gasteiger partial charge in [0.05, 0.1) is 23.6 Å². The van der Waals surface area contributed by atoms with Crippen molar-refractivity contribution < 1.29 is 23.0 Å². The quantitative estimate of drug-likeness (QED) is 0.705. The van der Waals surface area contributed by atoms with Crippen molar-refractivity contribution in [3.8, 4) is 11.5 Å². The largest absolute Gasteiger partial charge is 0.493 e. The third-order valence-electron chi connectivity index (χ3n) is 3.09. The maximum absolute atomic E-state index is 12.3. The Balaban J connectivity index is 1.87. The first-order chi connectivity index (χ1) is 12.0. The van der Waals surface area contributed by atoms with E-state index in [0.717, 1.165) is 5.56 Å². The number of hydrogen-bond acceptors (Lipinski definition) is 4. The van der Waals surface area contributed by atoms with Crippen molar-refractivity contribution in [2.75, 3.05) is 18.2 Å². The van der Waals surface area contributed by atoms with Crippen molar-refractivity contribution in [1.29, 1.82) is 0 Å². The standard InChI is InChI=1S/C17H16ClF2NO3S/c1-23-15-8-11(6-7-14(15)24-17(19)20)9-25-10-16(22)21-13-5-3-2-4-12(13)18/h2-8,17H,9-10H2,1H3,(H,21,22). The molecule has 0 aliphatic heterocycles. The Hall–Kier alpha value is -1.99. The summed E-state index contributed by atoms with van der Waals surface area (Å²) in [5.41, 5.74) is 1.39. The van der Waals surface area contributed by atoms with E-state index >= 15 is 0 Å². The van der Waals surface area contributed by atoms with Crippen molar-refractivity contribution in [3.63, 3.8) is 0 Å². The van der Waals surface area contributed by atoms with E-state index in [1.165, 1.54) is 24.9 Å². The first kappa shape index (κ1) is 19.3. The minimum Gasteiger partial charge on any atom is -0.493 e. The average molecular weight is 388 g/mol. The molecule has 1 amide bonds. The lowest BCUT2D eigenvalue weighted by molar-refractivity contribution is -0.113. The number of amides is 1. The number of thioether (sulfide) groups is 1. The van der Waals surface area contributed by atoms with Gasteiger partial charge in [-0.15, -0.1) is 11.8 Å². The average Bonchev–Trinajstić information content (AvgIpc) is 2.57. The summed E-state index contributed by atoms with van der Waals surface area (Å²) in [7, 11) is 1.38. The van der Waals surface area contributed by atoms with Gasteiger partial charge in [-0.2, -0.15) is 8.78 Å². The highest BCUT2D eigenvalue weighted by atomic mass is 35.5. The molecule has 0 bridgehead atoms. The number of hydrogen-bond donors (Lipinski definition) is 1. The van der Waals surface area contributed by atoms with Crippen LogP contribution in [0.1, 0.15) is 5.56 Å². The number of para-hydroxylation sites is 1. The first-order valence-corrected chi connectivity index (χ1v) is 8.76. The number of carbonyl (C=O) groups is 1. The number of ether oxygens (including phenoxy) is 2. The molecular weight excluding hydrogens is 372 g/mol. The van der Waals surface area contributed by atoms with E-state index in [0.29, 0.717) is 16.5 Å². The molecule has 0 aliphatic carbocycles. The molecule has 0 atom stereocenters. The van der Waals surface area contributed by atoms with Crippen LogP contribution < -0.4 is 14.8 Å². The minimum absolute atomic E-state index is 0.0253. The lowest BCUT2D eigenvalue weighted by Crippen LogP contribution is -2.14. The van der Waals surface area contributed by atoms with E-state index in [4.69, 9.17) is 16.3 Å². The second-order valence-electron chi connectivity index (χ2n) is 4.88. The third-order valence-corrected chi connectivity index (χ3v) is 4.43. The van der Waals surface area contributed by atoms with Gasteiger partial charge in [-0.05, 0) is 29.8 Å². The Labute approximate surface area is 153 Å². The SMILES string of the molecule is COc1cc(CSCC(=O)Nc2ccccc2Cl)ccc1OC(F)F. The molecule has 0 spiro atoms. The summed E-state index contributed by atoms with van der Waals surface area (Å²) in [4.78, 5) is 11.9. The van der Waals surface area contributed by atoms with E-state index in [9.17, 15) is 13.6 Å². The molecule has 0 aliphatic rings. The van der Waals surface area contributed by atoms with Gasteiger partial charge < -0.3 is 14.8 Å². The Morgan fingerprint density at radius 3 is 2.68 bits per heavy atom. The molecule has 25 heavy (non-hydrogen) atoms. The van der Waals surface area contributed by atoms with Gasteiger partial charge in [0.15, 0.2) is 11.5 Å². The normalized spacial score (nSPS) is 10.6. The maximum atomic E-state index is 12.3. The molecule has 0 saturated carbocycles. The minimum atomic E-state index is -2.91. The van der Waals surface area contributed by atoms with Crippen molar-refractivity contribution in [2.45, 2.75) is 12.4 Å². The Morgan fingerprint density at radius 2 is 2.00 bits per heavy atom. The maximum Gasteiger partial charge on any atom is 0.387 e. The Bertz CT molecular complexity index is 731. The highest BCUT2D eigenvalue weighted by Gasteiger charge is 2.11. The molecule has 0 unspecified atom stereocenters. The van der Waals surface area contributed by atoms with Gasteiger partial charge in [0, 0.05) is 5.75 Å². The van der Waals surface area contributed by atoms with E-state index in [1.807, 2.05) is 0 Å². The van der Waals surface area contributed by atoms with E-state index in [2.05, 4.69) is 10.1 Å². The fourth-order valence-corrected chi connectivity index (χ4v) is 2.96. The van der Waals surface area contributed by atoms with Crippen LogP contribution in [0.4, 0.5) is 14.5 Å². The predicted molar refractivity (Wildman–Crippen MR) is 95.9 cm³/mol. The summed E-state index contributed by atoms with van der Waals surface area (Å²) < 4.78 is 34.0. The van der Waals surface area contributed by atoms with Gasteiger partial charge in [0.2, 0.25) is 5.91 Å². The molecule has 4 nitrogen and oxygen atoms in total. The fourth-order valence-electron chi connectivity index (χ4n) is 2.01. The van der Waals surface area contributed by atoms with Gasteiger partial charge in [-0.25, -0.2) is 0 Å². The van der Waals surface area contributed by atoms with E-state index in [1.54, 1.807) is 36.4 Å². The molecule has 2 aromatic rings. The Kier molecular flexibility index (Phi) is 7.33. The summed E-state index contributed by atoms with van der Waals surface area (Å²) in [5.74, 6) is 0.758. The summed E-state index contributed by atoms with van der Waals surface area (Å²) in [6.45, 7) is -2.91. The van der Waals surface area contributed by atoms with Crippen molar-refractivity contribution in [3.05, 3.63) is 53.1 Å². The second-order valence-corrected chi connectivity index (χ2v) is 6.28. The second kappa shape index (κ2) is 9.48. The van der Waals surface area contributed by atoms with Crippen LogP contribution in [0.3, 0.4) is 0 Å². The third kappa shape index (κ3) is 6.10. The van der Waals surface area contributed by atoms with Crippen LogP contribution in [0.5, 0.6) is 11.5 Å². The number of anilines is 1. The van der Waals surface area contributed by atoms with E-state index < -0.39 is 6.61 Å². The fraction of sp³-hybridized carbons (Fsp3) is 0.235. The van der Waals surface area contributed by atoms with Crippen LogP contribution >= 0.6 is 23.4 Å². The number of nitrogens with one attached hydrogen (secondary N) is 1. The molecule has 0 radical (unpaired) electrons. The lowest BCUT2D eigenvalue weighted by Gasteiger charge is -2.11. The summed E-state index contributed by atoms with van der Waals surface area (Å²) in [6.07, 6.45) is 0. The van der Waals surface area contributed by atoms with Crippen molar-refractivity contribution >= 4 is 35.0 Å². The van der Waals surface area contributed by atoms with Crippen LogP contribution in [0.15, 0.2) is 42.5 Å². The Morgan fingerprint density at radius 1 is 1.24 bits per heavy atom. The number of benzene rings is 2. The number of halogens is 3. The molecular formula is C17H16ClF2NO3S. The molecule has 0 saturated heterocycles. The van der Waals surface area contributed by atoms with Crippen LogP contribution in [0.25, 0.3) is 0 Å². The molecule has 2 aromatic carbocycles. The monoisotopic (exact) mass is 387 g/mol. The van der Waals surface area contributed by atoms with Gasteiger partial charge in [-0.3, -0.25) is 4.79 Å². The van der Waals surface area contributed by atoms with Gasteiger partial charge in [0.25, 0.3) is 0 Å². The van der Waals surface area contributed by atoms with Crippen LogP contribution in [0, 0.1) is 0 Å². The summed E-state index contributed by atoms with van der Waals surface area (Å²) in [6, 6.07) is 11.7. The molecule has 134 valence electrons. The number of methoxy groups -OCH3 is 1. The predicted octanol–water partition coefficient (Wildman–Crippen LogP) is 4.82. The molecule has 0 fully saturated rings. The summed E-state index contributed by atoms with van der Waals surface area (Å²) in [5, 5.41) is 3.20. The highest BCUT2D eigenvalue weighted by Crippen LogP contribution is 2.30. The van der Waals surface area contributed by atoms with Gasteiger partial charge >= 0.3 is 6.61 Å². The smallest absolute Gasteiger partial charge is 0.387 e. The number of rotatable bonds is 8. The molecule has 8 heteroatoms. The zero-order valence-electron chi connectivity index (χ0n) is 13.3. The van der Waals surface area contributed by atoms with Crippen LogP contribution in [-0.4, -0.2) is 25.4 Å². The van der Waals surface area contributed by atoms with Crippen LogP contribution in [0.2, 0.25) is 5.02 Å². The van der Waals surface area contributed by atoms with Gasteiger partial charge in [-0.1, -0.05) is 29.8 Å². The molecule has 0 aromatic heterocycles. The van der Waals surface area contributed by atoms with Crippen molar-refractivity contribution in [1.82, 2.24) is 0 Å². The first-order valence-electron chi connectivity index (χ1n) is 7.23. The van der Waals surface area contributed by atoms with E-state index in [-0.39, 0.29) is 23.2 Å². The van der Waals surface area contributed by atoms with Gasteiger partial charge in [0.1, 0.15) is 0 Å². The highest BCUT2D eigenvalue weighted by molar-refractivity contribution is 7.99. The lowest BCUT2D eigenvalue weighted by atomic mass is 10.2. The molecule has 0 heterocycles. The number of alkyl halides is 2. The zero-order valence-corrected chi connectivity index (χ0v) is 14.9. The molecule has 2 rings (SSSR count). The summed E-state index contributed by atoms with van der Waals surface area (Å²) >= 11 is 7.36. The number of carbonyl (C=O) groups excluding carboxylic acids is 1. The molecule has 1 N–H and O–H groups in total. The topological polar surface area (TPSA) is 47.6 Å². The van der Waals surface area contributed by atoms with Crippen LogP contribution in [-0.2, 0) is 10.5 Å². The van der Waals surface area contributed by atoms with Crippen molar-refractivity contribution in [2.24, 2.45) is 0 Å². The zero-order chi connectivity index (χ0) is 18.2.